The van der Waals surface area contributed by atoms with Crippen molar-refractivity contribution in [3.05, 3.63) is 0 Å². The molecule has 1 saturated carbocycles. The monoisotopic (exact) mass is 313 g/mol. The second-order valence-corrected chi connectivity index (χ2v) is 7.67. The smallest absolute Gasteiger partial charge is 0.410 e. The minimum Gasteiger partial charge on any atom is -0.444 e. The molecule has 1 N–H and O–H groups in total. The number of piperidine rings is 1. The minimum absolute atomic E-state index is 0.128. The Hall–Kier alpha value is -0.810. The van der Waals surface area contributed by atoms with Crippen molar-refractivity contribution < 1.29 is 19.4 Å². The van der Waals surface area contributed by atoms with Crippen molar-refractivity contribution in [1.82, 2.24) is 4.90 Å². The molecule has 0 aromatic heterocycles. The lowest BCUT2D eigenvalue weighted by molar-refractivity contribution is -0.0286. The first-order chi connectivity index (χ1) is 10.3. The van der Waals surface area contributed by atoms with Gasteiger partial charge in [0, 0.05) is 19.7 Å². The van der Waals surface area contributed by atoms with E-state index in [1.807, 2.05) is 20.8 Å². The van der Waals surface area contributed by atoms with Gasteiger partial charge in [0.25, 0.3) is 0 Å². The van der Waals surface area contributed by atoms with Gasteiger partial charge in [-0.1, -0.05) is 0 Å². The Morgan fingerprint density at radius 3 is 2.23 bits per heavy atom. The van der Waals surface area contributed by atoms with E-state index in [1.54, 1.807) is 4.90 Å². The zero-order valence-electron chi connectivity index (χ0n) is 14.2. The van der Waals surface area contributed by atoms with Gasteiger partial charge in [0.15, 0.2) is 0 Å². The first-order valence-electron chi connectivity index (χ1n) is 8.61. The number of ether oxygens (including phenoxy) is 2. The van der Waals surface area contributed by atoms with Crippen LogP contribution in [0.15, 0.2) is 0 Å². The summed E-state index contributed by atoms with van der Waals surface area (Å²) in [4.78, 5) is 13.8. The molecule has 1 heterocycles. The molecule has 0 aromatic rings. The number of aliphatic hydroxyl groups excluding tert-OH is 1. The summed E-state index contributed by atoms with van der Waals surface area (Å²) in [6, 6.07) is 0. The molecule has 1 amide bonds. The van der Waals surface area contributed by atoms with E-state index < -0.39 is 5.60 Å². The number of hydrogen-bond donors (Lipinski definition) is 1. The molecular formula is C17H31NO4. The third-order valence-electron chi connectivity index (χ3n) is 4.48. The Morgan fingerprint density at radius 1 is 1.09 bits per heavy atom. The maximum Gasteiger partial charge on any atom is 0.410 e. The predicted octanol–water partition coefficient (Wildman–Crippen LogP) is 2.95. The Labute approximate surface area is 134 Å². The van der Waals surface area contributed by atoms with Gasteiger partial charge in [-0.05, 0) is 65.2 Å². The van der Waals surface area contributed by atoms with Gasteiger partial charge in [-0.2, -0.15) is 0 Å². The minimum atomic E-state index is -0.428. The number of carbonyl (C=O) groups excluding carboxylic acids is 1. The molecule has 5 nitrogen and oxygen atoms in total. The van der Waals surface area contributed by atoms with E-state index in [2.05, 4.69) is 0 Å². The Balaban J connectivity index is 1.64. The summed E-state index contributed by atoms with van der Waals surface area (Å²) in [5.41, 5.74) is -0.428. The molecule has 2 aliphatic rings. The van der Waals surface area contributed by atoms with Gasteiger partial charge in [-0.3, -0.25) is 0 Å². The van der Waals surface area contributed by atoms with Crippen molar-refractivity contribution in [2.45, 2.75) is 77.1 Å². The molecule has 0 aromatic carbocycles. The van der Waals surface area contributed by atoms with E-state index in [0.29, 0.717) is 12.0 Å². The van der Waals surface area contributed by atoms with Crippen LogP contribution in [0.25, 0.3) is 0 Å². The fourth-order valence-electron chi connectivity index (χ4n) is 3.09. The third-order valence-corrected chi connectivity index (χ3v) is 4.48. The molecule has 0 unspecified atom stereocenters. The van der Waals surface area contributed by atoms with Crippen molar-refractivity contribution >= 4 is 6.09 Å². The Bertz CT molecular complexity index is 350. The van der Waals surface area contributed by atoms with Gasteiger partial charge in [0.1, 0.15) is 5.60 Å². The molecule has 5 heteroatoms. The summed E-state index contributed by atoms with van der Waals surface area (Å²) in [6.07, 6.45) is 5.61. The van der Waals surface area contributed by atoms with E-state index in [-0.39, 0.29) is 12.2 Å². The zero-order valence-corrected chi connectivity index (χ0v) is 14.2. The van der Waals surface area contributed by atoms with Crippen molar-refractivity contribution in [3.63, 3.8) is 0 Å². The first-order valence-corrected chi connectivity index (χ1v) is 8.61. The number of carbonyl (C=O) groups is 1. The van der Waals surface area contributed by atoms with Crippen molar-refractivity contribution in [2.75, 3.05) is 19.7 Å². The molecule has 1 saturated heterocycles. The lowest BCUT2D eigenvalue weighted by Crippen LogP contribution is -2.42. The highest BCUT2D eigenvalue weighted by atomic mass is 16.6. The SMILES string of the molecule is CC(C)(C)OC(=O)N1CCC(COC2CCC(O)CC2)CC1. The normalized spacial score (nSPS) is 27.7. The predicted molar refractivity (Wildman–Crippen MR) is 84.7 cm³/mol. The maximum atomic E-state index is 12.0. The Kier molecular flexibility index (Phi) is 6.09. The zero-order chi connectivity index (χ0) is 16.2. The molecule has 2 fully saturated rings. The van der Waals surface area contributed by atoms with Crippen LogP contribution in [-0.4, -0.2) is 53.6 Å². The number of amides is 1. The van der Waals surface area contributed by atoms with Gasteiger partial charge in [0.2, 0.25) is 0 Å². The number of rotatable bonds is 3. The van der Waals surface area contributed by atoms with Crippen LogP contribution < -0.4 is 0 Å². The summed E-state index contributed by atoms with van der Waals surface area (Å²) >= 11 is 0. The van der Waals surface area contributed by atoms with Crippen LogP contribution in [0.1, 0.15) is 59.3 Å². The van der Waals surface area contributed by atoms with E-state index in [4.69, 9.17) is 9.47 Å². The van der Waals surface area contributed by atoms with Gasteiger partial charge in [0.05, 0.1) is 12.2 Å². The number of nitrogens with zero attached hydrogens (tertiary/aromatic N) is 1. The highest BCUT2D eigenvalue weighted by Gasteiger charge is 2.28. The highest BCUT2D eigenvalue weighted by Crippen LogP contribution is 2.24. The van der Waals surface area contributed by atoms with Crippen molar-refractivity contribution in [1.29, 1.82) is 0 Å². The Morgan fingerprint density at radius 2 is 1.68 bits per heavy atom. The summed E-state index contributed by atoms with van der Waals surface area (Å²) in [6.45, 7) is 7.98. The van der Waals surface area contributed by atoms with Crippen molar-refractivity contribution in [2.24, 2.45) is 5.92 Å². The number of likely N-dealkylation sites (tertiary alicyclic amines) is 1. The van der Waals surface area contributed by atoms with Gasteiger partial charge in [-0.15, -0.1) is 0 Å². The molecule has 22 heavy (non-hydrogen) atoms. The second-order valence-electron chi connectivity index (χ2n) is 7.67. The summed E-state index contributed by atoms with van der Waals surface area (Å²) in [5.74, 6) is 0.533. The van der Waals surface area contributed by atoms with Crippen LogP contribution in [0.5, 0.6) is 0 Å². The average molecular weight is 313 g/mol. The van der Waals surface area contributed by atoms with Gasteiger partial charge in [-0.25, -0.2) is 4.79 Å². The van der Waals surface area contributed by atoms with Gasteiger partial charge < -0.3 is 19.5 Å². The maximum absolute atomic E-state index is 12.0. The number of aliphatic hydroxyl groups is 1. The quantitative estimate of drug-likeness (QED) is 0.870. The highest BCUT2D eigenvalue weighted by molar-refractivity contribution is 5.68. The number of hydrogen-bond acceptors (Lipinski definition) is 4. The van der Waals surface area contributed by atoms with Crippen molar-refractivity contribution in [3.8, 4) is 0 Å². The molecule has 0 spiro atoms. The van der Waals surface area contributed by atoms with Crippen LogP contribution >= 0.6 is 0 Å². The lowest BCUT2D eigenvalue weighted by Gasteiger charge is -2.34. The molecule has 0 atom stereocenters. The third kappa shape index (κ3) is 5.76. The summed E-state index contributed by atoms with van der Waals surface area (Å²) in [5, 5.41) is 9.50. The molecule has 1 aliphatic heterocycles. The van der Waals surface area contributed by atoms with E-state index >= 15 is 0 Å². The van der Waals surface area contributed by atoms with E-state index in [9.17, 15) is 9.90 Å². The molecular weight excluding hydrogens is 282 g/mol. The van der Waals surface area contributed by atoms with Crippen LogP contribution in [0.3, 0.4) is 0 Å². The topological polar surface area (TPSA) is 59.0 Å². The summed E-state index contributed by atoms with van der Waals surface area (Å²) < 4.78 is 11.4. The largest absolute Gasteiger partial charge is 0.444 e. The van der Waals surface area contributed by atoms with E-state index in [1.165, 1.54) is 0 Å². The standard InChI is InChI=1S/C17H31NO4/c1-17(2,3)22-16(20)18-10-8-13(9-11-18)12-21-15-6-4-14(19)5-7-15/h13-15,19H,4-12H2,1-3H3. The van der Waals surface area contributed by atoms with Gasteiger partial charge >= 0.3 is 6.09 Å². The average Bonchev–Trinajstić information content (AvgIpc) is 2.45. The lowest BCUT2D eigenvalue weighted by atomic mass is 9.94. The first kappa shape index (κ1) is 17.5. The van der Waals surface area contributed by atoms with Crippen LogP contribution in [0.2, 0.25) is 0 Å². The second kappa shape index (κ2) is 7.64. The van der Waals surface area contributed by atoms with Crippen LogP contribution in [0, 0.1) is 5.92 Å². The molecule has 128 valence electrons. The van der Waals surface area contributed by atoms with Crippen LogP contribution in [0.4, 0.5) is 4.79 Å². The molecule has 1 aliphatic carbocycles. The molecule has 0 bridgehead atoms. The molecule has 0 radical (unpaired) electrons. The summed E-state index contributed by atoms with van der Waals surface area (Å²) in [7, 11) is 0. The fourth-order valence-corrected chi connectivity index (χ4v) is 3.09. The fraction of sp³-hybridized carbons (Fsp3) is 0.941. The molecule has 2 rings (SSSR count). The van der Waals surface area contributed by atoms with E-state index in [0.717, 1.165) is 58.2 Å². The van der Waals surface area contributed by atoms with Crippen LogP contribution in [-0.2, 0) is 9.47 Å².